The summed E-state index contributed by atoms with van der Waals surface area (Å²) in [5, 5.41) is 3.64. The summed E-state index contributed by atoms with van der Waals surface area (Å²) in [5.74, 6) is -0.285. The Morgan fingerprint density at radius 1 is 0.857 bits per heavy atom. The molecule has 28 heavy (non-hydrogen) atoms. The highest BCUT2D eigenvalue weighted by molar-refractivity contribution is 7.92. The van der Waals surface area contributed by atoms with Gasteiger partial charge >= 0.3 is 0 Å². The maximum Gasteiger partial charge on any atom is 0.261 e. The molecular formula is C20H16Cl2N2O3S. The average Bonchev–Trinajstić information content (AvgIpc) is 2.65. The summed E-state index contributed by atoms with van der Waals surface area (Å²) >= 11 is 11.9. The van der Waals surface area contributed by atoms with Crippen molar-refractivity contribution in [3.05, 3.63) is 88.4 Å². The minimum atomic E-state index is -3.71. The molecule has 0 saturated carbocycles. The molecule has 0 heterocycles. The molecule has 3 aromatic carbocycles. The van der Waals surface area contributed by atoms with Gasteiger partial charge < -0.3 is 5.32 Å². The second-order valence-corrected chi connectivity index (χ2v) is 8.49. The number of anilines is 2. The summed E-state index contributed by atoms with van der Waals surface area (Å²) in [5.41, 5.74) is 1.44. The van der Waals surface area contributed by atoms with Crippen molar-refractivity contribution in [3.63, 3.8) is 0 Å². The van der Waals surface area contributed by atoms with E-state index < -0.39 is 10.0 Å². The van der Waals surface area contributed by atoms with E-state index in [0.29, 0.717) is 27.0 Å². The smallest absolute Gasteiger partial charge is 0.261 e. The largest absolute Gasteiger partial charge is 0.326 e. The van der Waals surface area contributed by atoms with Crippen molar-refractivity contribution in [3.8, 4) is 0 Å². The first-order valence-electron chi connectivity index (χ1n) is 8.25. The number of rotatable bonds is 6. The fraction of sp³-hybridized carbons (Fsp3) is 0.0500. The number of nitrogens with one attached hydrogen (secondary N) is 2. The molecule has 0 radical (unpaired) electrons. The molecule has 0 aromatic heterocycles. The van der Waals surface area contributed by atoms with Crippen LogP contribution in [0.4, 0.5) is 11.4 Å². The van der Waals surface area contributed by atoms with Crippen LogP contribution in [-0.4, -0.2) is 14.3 Å². The van der Waals surface area contributed by atoms with Gasteiger partial charge in [-0.05, 0) is 48.0 Å². The fourth-order valence-corrected chi connectivity index (χ4v) is 4.06. The Labute approximate surface area is 173 Å². The molecule has 2 N–H and O–H groups in total. The zero-order chi connectivity index (χ0) is 20.1. The summed E-state index contributed by atoms with van der Waals surface area (Å²) < 4.78 is 27.3. The minimum Gasteiger partial charge on any atom is -0.326 e. The third-order valence-electron chi connectivity index (χ3n) is 3.82. The Morgan fingerprint density at radius 2 is 1.57 bits per heavy atom. The van der Waals surface area contributed by atoms with Crippen molar-refractivity contribution in [2.24, 2.45) is 0 Å². The average molecular weight is 435 g/mol. The van der Waals surface area contributed by atoms with Crippen molar-refractivity contribution in [2.45, 2.75) is 11.3 Å². The van der Waals surface area contributed by atoms with Crippen LogP contribution >= 0.6 is 23.2 Å². The SMILES string of the molecule is O=C(Cc1ccc(Cl)cc1Cl)Nc1cccc(NS(=O)(=O)c2ccccc2)c1. The number of hydrogen-bond donors (Lipinski definition) is 2. The highest BCUT2D eigenvalue weighted by Gasteiger charge is 2.14. The van der Waals surface area contributed by atoms with Gasteiger partial charge in [-0.25, -0.2) is 8.42 Å². The molecule has 144 valence electrons. The molecule has 0 saturated heterocycles. The van der Waals surface area contributed by atoms with Gasteiger partial charge in [-0.1, -0.05) is 53.5 Å². The van der Waals surface area contributed by atoms with Crippen molar-refractivity contribution < 1.29 is 13.2 Å². The number of sulfonamides is 1. The summed E-state index contributed by atoms with van der Waals surface area (Å²) in [4.78, 5) is 12.5. The molecule has 8 heteroatoms. The van der Waals surface area contributed by atoms with Crippen LogP contribution in [-0.2, 0) is 21.2 Å². The van der Waals surface area contributed by atoms with Crippen LogP contribution in [0.15, 0.2) is 77.7 Å². The zero-order valence-electron chi connectivity index (χ0n) is 14.5. The lowest BCUT2D eigenvalue weighted by molar-refractivity contribution is -0.115. The molecule has 0 spiro atoms. The monoisotopic (exact) mass is 434 g/mol. The third kappa shape index (κ3) is 5.25. The van der Waals surface area contributed by atoms with E-state index in [2.05, 4.69) is 10.0 Å². The normalized spacial score (nSPS) is 11.1. The predicted molar refractivity (Wildman–Crippen MR) is 112 cm³/mol. The predicted octanol–water partition coefficient (Wildman–Crippen LogP) is 4.98. The Kier molecular flexibility index (Phi) is 6.24. The first-order chi connectivity index (χ1) is 13.3. The van der Waals surface area contributed by atoms with Crippen molar-refractivity contribution >= 4 is 50.5 Å². The first-order valence-corrected chi connectivity index (χ1v) is 10.5. The second kappa shape index (κ2) is 8.65. The van der Waals surface area contributed by atoms with Crippen LogP contribution in [0.1, 0.15) is 5.56 Å². The second-order valence-electron chi connectivity index (χ2n) is 5.96. The van der Waals surface area contributed by atoms with Gasteiger partial charge in [0.25, 0.3) is 10.0 Å². The van der Waals surface area contributed by atoms with Crippen LogP contribution in [0.25, 0.3) is 0 Å². The lowest BCUT2D eigenvalue weighted by atomic mass is 10.1. The van der Waals surface area contributed by atoms with E-state index in [0.717, 1.165) is 0 Å². The molecule has 1 amide bonds. The standard InChI is InChI=1S/C20H16Cl2N2O3S/c21-15-10-9-14(19(22)12-15)11-20(25)23-16-5-4-6-17(13-16)24-28(26,27)18-7-2-1-3-8-18/h1-10,12-13,24H,11H2,(H,23,25). The quantitative estimate of drug-likeness (QED) is 0.574. The Bertz CT molecular complexity index is 1100. The van der Waals surface area contributed by atoms with Crippen molar-refractivity contribution in [2.75, 3.05) is 10.0 Å². The zero-order valence-corrected chi connectivity index (χ0v) is 16.9. The fourth-order valence-electron chi connectivity index (χ4n) is 2.52. The number of amides is 1. The van der Waals surface area contributed by atoms with E-state index in [1.165, 1.54) is 12.1 Å². The van der Waals surface area contributed by atoms with E-state index in [4.69, 9.17) is 23.2 Å². The molecule has 0 atom stereocenters. The molecule has 0 unspecified atom stereocenters. The number of carbonyl (C=O) groups is 1. The summed E-state index contributed by atoms with van der Waals surface area (Å²) in [6.07, 6.45) is 0.0654. The van der Waals surface area contributed by atoms with Gasteiger partial charge in [0.15, 0.2) is 0 Å². The lowest BCUT2D eigenvalue weighted by Crippen LogP contribution is -2.16. The van der Waals surface area contributed by atoms with Gasteiger partial charge in [-0.2, -0.15) is 0 Å². The van der Waals surface area contributed by atoms with Gasteiger partial charge in [0.2, 0.25) is 5.91 Å². The molecule has 0 aliphatic heterocycles. The number of benzene rings is 3. The highest BCUT2D eigenvalue weighted by Crippen LogP contribution is 2.23. The summed E-state index contributed by atoms with van der Waals surface area (Å²) in [6, 6.07) is 19.4. The van der Waals surface area contributed by atoms with Crippen LogP contribution in [0.2, 0.25) is 10.0 Å². The summed E-state index contributed by atoms with van der Waals surface area (Å²) in [6.45, 7) is 0. The third-order valence-corrected chi connectivity index (χ3v) is 5.80. The highest BCUT2D eigenvalue weighted by atomic mass is 35.5. The maximum absolute atomic E-state index is 12.4. The van der Waals surface area contributed by atoms with Crippen molar-refractivity contribution in [1.82, 2.24) is 0 Å². The van der Waals surface area contributed by atoms with Gasteiger partial charge in [-0.3, -0.25) is 9.52 Å². The molecule has 3 aromatic rings. The molecule has 3 rings (SSSR count). The minimum absolute atomic E-state index is 0.0654. The lowest BCUT2D eigenvalue weighted by Gasteiger charge is -2.11. The first kappa shape index (κ1) is 20.2. The van der Waals surface area contributed by atoms with E-state index in [1.807, 2.05) is 0 Å². The number of halogens is 2. The Morgan fingerprint density at radius 3 is 2.29 bits per heavy atom. The van der Waals surface area contributed by atoms with Gasteiger partial charge in [0, 0.05) is 15.7 Å². The van der Waals surface area contributed by atoms with Crippen LogP contribution in [0, 0.1) is 0 Å². The van der Waals surface area contributed by atoms with E-state index >= 15 is 0 Å². The van der Waals surface area contributed by atoms with Gasteiger partial charge in [-0.15, -0.1) is 0 Å². The Balaban J connectivity index is 1.70. The van der Waals surface area contributed by atoms with Crippen LogP contribution in [0.5, 0.6) is 0 Å². The van der Waals surface area contributed by atoms with Gasteiger partial charge in [0.05, 0.1) is 17.0 Å². The molecule has 0 bridgehead atoms. The van der Waals surface area contributed by atoms with Crippen LogP contribution in [0.3, 0.4) is 0 Å². The Hall–Kier alpha value is -2.54. The molecule has 0 aliphatic rings. The number of carbonyl (C=O) groups excluding carboxylic acids is 1. The molecule has 0 fully saturated rings. The maximum atomic E-state index is 12.4. The van der Waals surface area contributed by atoms with E-state index in [9.17, 15) is 13.2 Å². The van der Waals surface area contributed by atoms with E-state index in [-0.39, 0.29) is 17.2 Å². The van der Waals surface area contributed by atoms with Gasteiger partial charge in [0.1, 0.15) is 0 Å². The summed E-state index contributed by atoms with van der Waals surface area (Å²) in [7, 11) is -3.71. The van der Waals surface area contributed by atoms with Crippen molar-refractivity contribution in [1.29, 1.82) is 0 Å². The van der Waals surface area contributed by atoms with E-state index in [1.54, 1.807) is 60.7 Å². The number of hydrogen-bond acceptors (Lipinski definition) is 3. The molecular weight excluding hydrogens is 419 g/mol. The van der Waals surface area contributed by atoms with Crippen LogP contribution < -0.4 is 10.0 Å². The molecule has 5 nitrogen and oxygen atoms in total. The topological polar surface area (TPSA) is 75.3 Å². The molecule has 0 aliphatic carbocycles.